The number of anilines is 1. The Morgan fingerprint density at radius 2 is 1.50 bits per heavy atom. The van der Waals surface area contributed by atoms with Gasteiger partial charge in [0.1, 0.15) is 0 Å². The first kappa shape index (κ1) is 17.0. The quantitative estimate of drug-likeness (QED) is 0.826. The molecular weight excluding hydrogens is 246 g/mol. The Balaban J connectivity index is 2.60. The van der Waals surface area contributed by atoms with E-state index in [1.807, 2.05) is 0 Å². The summed E-state index contributed by atoms with van der Waals surface area (Å²) in [6.07, 6.45) is 0. The molecule has 1 N–H and O–H groups in total. The van der Waals surface area contributed by atoms with Crippen molar-refractivity contribution in [2.24, 2.45) is 5.92 Å². The number of nitrogens with zero attached hydrogens (tertiary/aromatic N) is 2. The van der Waals surface area contributed by atoms with E-state index in [-0.39, 0.29) is 0 Å². The van der Waals surface area contributed by atoms with Gasteiger partial charge in [0.2, 0.25) is 0 Å². The molecule has 0 amide bonds. The molecule has 0 aliphatic heterocycles. The molecule has 2 unspecified atom stereocenters. The van der Waals surface area contributed by atoms with Crippen molar-refractivity contribution in [2.45, 2.75) is 32.9 Å². The fraction of sp³-hybridized carbons (Fsp3) is 0.647. The summed E-state index contributed by atoms with van der Waals surface area (Å²) >= 11 is 0. The van der Waals surface area contributed by atoms with Crippen molar-refractivity contribution in [3.63, 3.8) is 0 Å². The van der Waals surface area contributed by atoms with Gasteiger partial charge in [-0.25, -0.2) is 0 Å². The van der Waals surface area contributed by atoms with Crippen LogP contribution in [0.25, 0.3) is 0 Å². The maximum Gasteiger partial charge on any atom is 0.0361 e. The number of hydrogen-bond donors (Lipinski definition) is 1. The topological polar surface area (TPSA) is 18.5 Å². The van der Waals surface area contributed by atoms with Crippen molar-refractivity contribution >= 4 is 5.69 Å². The van der Waals surface area contributed by atoms with Crippen LogP contribution >= 0.6 is 0 Å². The molecule has 1 aromatic rings. The molecule has 0 radical (unpaired) electrons. The lowest BCUT2D eigenvalue weighted by molar-refractivity contribution is 0.220. The molecule has 0 saturated carbocycles. The highest BCUT2D eigenvalue weighted by Crippen LogP contribution is 2.18. The predicted molar refractivity (Wildman–Crippen MR) is 89.5 cm³/mol. The van der Waals surface area contributed by atoms with Gasteiger partial charge in [-0.15, -0.1) is 0 Å². The molecule has 0 aromatic heterocycles. The Morgan fingerprint density at radius 3 is 1.90 bits per heavy atom. The van der Waals surface area contributed by atoms with E-state index in [4.69, 9.17) is 0 Å². The summed E-state index contributed by atoms with van der Waals surface area (Å²) < 4.78 is 0. The first-order valence-electron chi connectivity index (χ1n) is 7.50. The van der Waals surface area contributed by atoms with Gasteiger partial charge in [0.05, 0.1) is 0 Å². The summed E-state index contributed by atoms with van der Waals surface area (Å²) in [5.74, 6) is 0.654. The second kappa shape index (κ2) is 7.65. The molecule has 0 heterocycles. The molecule has 0 fully saturated rings. The Labute approximate surface area is 125 Å². The fourth-order valence-corrected chi connectivity index (χ4v) is 2.49. The van der Waals surface area contributed by atoms with Crippen LogP contribution in [0.15, 0.2) is 24.3 Å². The standard InChI is InChI=1S/C17H31N3/c1-13(2)17(20(6)7)12-18-14(3)15-8-10-16(11-9-15)19(4)5/h8-11,13-14,17-18H,12H2,1-7H3. The number of hydrogen-bond acceptors (Lipinski definition) is 3. The minimum absolute atomic E-state index is 0.382. The van der Waals surface area contributed by atoms with Crippen LogP contribution in [0.5, 0.6) is 0 Å². The monoisotopic (exact) mass is 277 g/mol. The average Bonchev–Trinajstić information content (AvgIpc) is 2.38. The second-order valence-corrected chi connectivity index (χ2v) is 6.39. The summed E-state index contributed by atoms with van der Waals surface area (Å²) in [6.45, 7) is 7.81. The van der Waals surface area contributed by atoms with Crippen LogP contribution in [-0.2, 0) is 0 Å². The van der Waals surface area contributed by atoms with Gasteiger partial charge in [-0.3, -0.25) is 0 Å². The second-order valence-electron chi connectivity index (χ2n) is 6.39. The van der Waals surface area contributed by atoms with Crippen LogP contribution < -0.4 is 10.2 Å². The molecule has 0 aliphatic rings. The van der Waals surface area contributed by atoms with Crippen molar-refractivity contribution < 1.29 is 0 Å². The van der Waals surface area contributed by atoms with Crippen molar-refractivity contribution in [2.75, 3.05) is 39.6 Å². The zero-order valence-corrected chi connectivity index (χ0v) is 14.1. The summed E-state index contributed by atoms with van der Waals surface area (Å²) in [6, 6.07) is 9.74. The molecule has 2 atom stereocenters. The summed E-state index contributed by atoms with van der Waals surface area (Å²) in [5.41, 5.74) is 2.59. The van der Waals surface area contributed by atoms with Crippen molar-refractivity contribution in [1.29, 1.82) is 0 Å². The minimum atomic E-state index is 0.382. The van der Waals surface area contributed by atoms with Crippen molar-refractivity contribution in [3.8, 4) is 0 Å². The van der Waals surface area contributed by atoms with Crippen LogP contribution in [-0.4, -0.2) is 45.7 Å². The van der Waals surface area contributed by atoms with Crippen LogP contribution in [0, 0.1) is 5.92 Å². The smallest absolute Gasteiger partial charge is 0.0361 e. The summed E-state index contributed by atoms with van der Waals surface area (Å²) in [4.78, 5) is 4.43. The maximum absolute atomic E-state index is 3.66. The third-order valence-electron chi connectivity index (χ3n) is 3.98. The number of nitrogens with one attached hydrogen (secondary N) is 1. The van der Waals surface area contributed by atoms with E-state index in [1.165, 1.54) is 11.3 Å². The van der Waals surface area contributed by atoms with Gasteiger partial charge >= 0.3 is 0 Å². The molecule has 3 nitrogen and oxygen atoms in total. The molecule has 0 saturated heterocycles. The van der Waals surface area contributed by atoms with Crippen LogP contribution in [0.4, 0.5) is 5.69 Å². The average molecular weight is 277 g/mol. The van der Waals surface area contributed by atoms with E-state index in [0.29, 0.717) is 18.0 Å². The summed E-state index contributed by atoms with van der Waals surface area (Å²) in [5, 5.41) is 3.66. The third-order valence-corrected chi connectivity index (χ3v) is 3.98. The third kappa shape index (κ3) is 4.80. The Kier molecular flexibility index (Phi) is 6.50. The first-order chi connectivity index (χ1) is 9.32. The van der Waals surface area contributed by atoms with Crippen molar-refractivity contribution in [3.05, 3.63) is 29.8 Å². The van der Waals surface area contributed by atoms with E-state index in [0.717, 1.165) is 6.54 Å². The largest absolute Gasteiger partial charge is 0.378 e. The number of benzene rings is 1. The molecule has 3 heteroatoms. The lowest BCUT2D eigenvalue weighted by Gasteiger charge is -2.29. The lowest BCUT2D eigenvalue weighted by Crippen LogP contribution is -2.42. The summed E-state index contributed by atoms with van der Waals surface area (Å²) in [7, 11) is 8.45. The van der Waals surface area contributed by atoms with Gasteiger partial charge in [0.25, 0.3) is 0 Å². The van der Waals surface area contributed by atoms with E-state index < -0.39 is 0 Å². The molecule has 1 rings (SSSR count). The minimum Gasteiger partial charge on any atom is -0.378 e. The molecule has 0 bridgehead atoms. The van der Waals surface area contributed by atoms with Gasteiger partial charge in [-0.05, 0) is 44.6 Å². The van der Waals surface area contributed by atoms with Crippen LogP contribution in [0.3, 0.4) is 0 Å². The highest BCUT2D eigenvalue weighted by Gasteiger charge is 2.16. The van der Waals surface area contributed by atoms with Gasteiger partial charge in [0.15, 0.2) is 0 Å². The Hall–Kier alpha value is -1.06. The Morgan fingerprint density at radius 1 is 0.950 bits per heavy atom. The highest BCUT2D eigenvalue weighted by atomic mass is 15.1. The van der Waals surface area contributed by atoms with Gasteiger partial charge in [-0.1, -0.05) is 26.0 Å². The van der Waals surface area contributed by atoms with Gasteiger partial charge in [0, 0.05) is 38.4 Å². The number of rotatable bonds is 7. The molecule has 0 aliphatic carbocycles. The maximum atomic E-state index is 3.66. The number of likely N-dealkylation sites (N-methyl/N-ethyl adjacent to an activating group) is 1. The first-order valence-corrected chi connectivity index (χ1v) is 7.50. The van der Waals surface area contributed by atoms with Gasteiger partial charge in [-0.2, -0.15) is 0 Å². The van der Waals surface area contributed by atoms with E-state index in [2.05, 4.69) is 88.3 Å². The van der Waals surface area contributed by atoms with Crippen LogP contribution in [0.2, 0.25) is 0 Å². The van der Waals surface area contributed by atoms with E-state index >= 15 is 0 Å². The van der Waals surface area contributed by atoms with Crippen molar-refractivity contribution in [1.82, 2.24) is 10.2 Å². The van der Waals surface area contributed by atoms with E-state index in [9.17, 15) is 0 Å². The predicted octanol–water partition coefficient (Wildman–Crippen LogP) is 2.99. The van der Waals surface area contributed by atoms with E-state index in [1.54, 1.807) is 0 Å². The van der Waals surface area contributed by atoms with Crippen LogP contribution in [0.1, 0.15) is 32.4 Å². The molecular formula is C17H31N3. The highest BCUT2D eigenvalue weighted by molar-refractivity contribution is 5.46. The molecule has 114 valence electrons. The fourth-order valence-electron chi connectivity index (χ4n) is 2.49. The molecule has 0 spiro atoms. The SMILES string of the molecule is CC(NCC(C(C)C)N(C)C)c1ccc(N(C)C)cc1. The normalized spacial score (nSPS) is 14.7. The molecule has 20 heavy (non-hydrogen) atoms. The lowest BCUT2D eigenvalue weighted by atomic mass is 10.0. The molecule has 1 aromatic carbocycles. The zero-order valence-electron chi connectivity index (χ0n) is 14.1. The zero-order chi connectivity index (χ0) is 15.3. The van der Waals surface area contributed by atoms with Gasteiger partial charge < -0.3 is 15.1 Å². The Bertz CT molecular complexity index is 374.